The number of ether oxygens (including phenoxy) is 1. The van der Waals surface area contributed by atoms with Gasteiger partial charge in [-0.1, -0.05) is 62.4 Å². The summed E-state index contributed by atoms with van der Waals surface area (Å²) in [5.74, 6) is 1.20. The molecule has 1 saturated carbocycles. The third kappa shape index (κ3) is 5.10. The van der Waals surface area contributed by atoms with E-state index >= 15 is 0 Å². The van der Waals surface area contributed by atoms with Crippen molar-refractivity contribution >= 4 is 17.3 Å². The van der Waals surface area contributed by atoms with Crippen LogP contribution in [0.3, 0.4) is 0 Å². The fourth-order valence-electron chi connectivity index (χ4n) is 4.52. The van der Waals surface area contributed by atoms with Gasteiger partial charge in [-0.15, -0.1) is 11.3 Å². The first-order valence-corrected chi connectivity index (χ1v) is 12.3. The Balaban J connectivity index is 1.40. The van der Waals surface area contributed by atoms with Gasteiger partial charge in [0.15, 0.2) is 0 Å². The first-order chi connectivity index (χ1) is 15.0. The second-order valence-electron chi connectivity index (χ2n) is 8.86. The van der Waals surface area contributed by atoms with Gasteiger partial charge in [-0.05, 0) is 78.8 Å². The van der Waals surface area contributed by atoms with Gasteiger partial charge in [-0.25, -0.2) is 0 Å². The van der Waals surface area contributed by atoms with Crippen LogP contribution < -0.4 is 0 Å². The summed E-state index contributed by atoms with van der Waals surface area (Å²) in [6.07, 6.45) is 4.01. The van der Waals surface area contributed by atoms with Crippen LogP contribution >= 0.6 is 11.3 Å². The zero-order valence-electron chi connectivity index (χ0n) is 18.8. The molecule has 0 radical (unpaired) electrons. The van der Waals surface area contributed by atoms with Crippen LogP contribution in [0.2, 0.25) is 0 Å². The molecule has 0 unspecified atom stereocenters. The van der Waals surface area contributed by atoms with Crippen molar-refractivity contribution in [2.45, 2.75) is 58.3 Å². The number of benzene rings is 2. The second-order valence-corrected chi connectivity index (χ2v) is 9.95. The normalized spacial score (nSPS) is 18.8. The molecule has 2 aromatic carbocycles. The molecule has 0 spiro atoms. The van der Waals surface area contributed by atoms with Gasteiger partial charge < -0.3 is 4.74 Å². The minimum absolute atomic E-state index is 0.0105. The Morgan fingerprint density at radius 3 is 1.94 bits per heavy atom. The Morgan fingerprint density at radius 1 is 0.871 bits per heavy atom. The molecular formula is C28H32O2S. The zero-order valence-corrected chi connectivity index (χ0v) is 19.6. The standard InChI is InChI=1S/C28H32O2S/c1-4-30-28(29)25-15-9-22(10-16-25)21-7-13-24(14-8-21)27-18-17-26(31-27)23-11-5-20(6-12-23)19(2)3/h5-8,11-14,17-19,22,25H,4,9-10,15-16H2,1-3H3. The van der Waals surface area contributed by atoms with Crippen LogP contribution in [0.25, 0.3) is 20.9 Å². The zero-order chi connectivity index (χ0) is 21.8. The van der Waals surface area contributed by atoms with Gasteiger partial charge in [0.25, 0.3) is 0 Å². The van der Waals surface area contributed by atoms with Gasteiger partial charge >= 0.3 is 5.97 Å². The molecule has 162 valence electrons. The second kappa shape index (κ2) is 9.82. The van der Waals surface area contributed by atoms with E-state index < -0.39 is 0 Å². The fraction of sp³-hybridized carbons (Fsp3) is 0.393. The summed E-state index contributed by atoms with van der Waals surface area (Å²) < 4.78 is 5.20. The third-order valence-corrected chi connectivity index (χ3v) is 7.66. The lowest BCUT2D eigenvalue weighted by atomic mass is 9.78. The van der Waals surface area contributed by atoms with Gasteiger partial charge in [0.1, 0.15) is 0 Å². The molecule has 3 aromatic rings. The van der Waals surface area contributed by atoms with Crippen LogP contribution in [0.1, 0.15) is 69.4 Å². The van der Waals surface area contributed by atoms with Crippen LogP contribution in [0, 0.1) is 5.92 Å². The Labute approximate surface area is 190 Å². The number of thiophene rings is 1. The molecule has 1 heterocycles. The summed E-state index contributed by atoms with van der Waals surface area (Å²) in [6.45, 7) is 6.82. The molecule has 0 atom stereocenters. The molecule has 0 bridgehead atoms. The van der Waals surface area contributed by atoms with E-state index in [1.165, 1.54) is 32.0 Å². The number of rotatable bonds is 6. The summed E-state index contributed by atoms with van der Waals surface area (Å²) >= 11 is 1.85. The van der Waals surface area contributed by atoms with Crippen molar-refractivity contribution in [3.8, 4) is 20.9 Å². The Bertz CT molecular complexity index is 990. The number of esters is 1. The molecule has 1 fully saturated rings. The largest absolute Gasteiger partial charge is 0.466 e. The SMILES string of the molecule is CCOC(=O)C1CCC(c2ccc(-c3ccc(-c4ccc(C(C)C)cc4)s3)cc2)CC1. The van der Waals surface area contributed by atoms with E-state index in [1.54, 1.807) is 0 Å². The quantitative estimate of drug-likeness (QED) is 0.368. The van der Waals surface area contributed by atoms with Gasteiger partial charge in [0, 0.05) is 9.75 Å². The molecule has 31 heavy (non-hydrogen) atoms. The summed E-state index contributed by atoms with van der Waals surface area (Å²) in [4.78, 5) is 14.6. The van der Waals surface area contributed by atoms with Crippen molar-refractivity contribution in [1.29, 1.82) is 0 Å². The van der Waals surface area contributed by atoms with E-state index in [0.29, 0.717) is 18.4 Å². The molecule has 0 aliphatic heterocycles. The predicted octanol–water partition coefficient (Wildman–Crippen LogP) is 8.04. The molecule has 1 aliphatic carbocycles. The summed E-state index contributed by atoms with van der Waals surface area (Å²) in [7, 11) is 0. The third-order valence-electron chi connectivity index (χ3n) is 6.48. The molecule has 0 saturated heterocycles. The maximum absolute atomic E-state index is 12.0. The maximum atomic E-state index is 12.0. The van der Waals surface area contributed by atoms with Crippen molar-refractivity contribution in [2.24, 2.45) is 5.92 Å². The van der Waals surface area contributed by atoms with Crippen LogP contribution in [-0.2, 0) is 9.53 Å². The Kier molecular flexibility index (Phi) is 6.92. The molecule has 4 rings (SSSR count). The highest BCUT2D eigenvalue weighted by Crippen LogP contribution is 2.38. The summed E-state index contributed by atoms with van der Waals surface area (Å²) in [5, 5.41) is 0. The summed E-state index contributed by atoms with van der Waals surface area (Å²) in [6, 6.07) is 22.5. The van der Waals surface area contributed by atoms with Crippen molar-refractivity contribution in [2.75, 3.05) is 6.61 Å². The maximum Gasteiger partial charge on any atom is 0.308 e. The minimum Gasteiger partial charge on any atom is -0.466 e. The van der Waals surface area contributed by atoms with E-state index in [2.05, 4.69) is 74.5 Å². The average Bonchev–Trinajstić information content (AvgIpc) is 3.30. The first kappa shape index (κ1) is 21.8. The Morgan fingerprint density at radius 2 is 1.42 bits per heavy atom. The molecule has 0 N–H and O–H groups in total. The molecule has 1 aromatic heterocycles. The lowest BCUT2D eigenvalue weighted by molar-refractivity contribution is -0.149. The summed E-state index contributed by atoms with van der Waals surface area (Å²) in [5.41, 5.74) is 5.34. The van der Waals surface area contributed by atoms with Gasteiger partial charge in [-0.2, -0.15) is 0 Å². The highest BCUT2D eigenvalue weighted by Gasteiger charge is 2.27. The molecule has 1 aliphatic rings. The van der Waals surface area contributed by atoms with Crippen molar-refractivity contribution < 1.29 is 9.53 Å². The average molecular weight is 433 g/mol. The monoisotopic (exact) mass is 432 g/mol. The van der Waals surface area contributed by atoms with E-state index in [0.717, 1.165) is 25.7 Å². The van der Waals surface area contributed by atoms with Gasteiger partial charge in [0.05, 0.1) is 12.5 Å². The van der Waals surface area contributed by atoms with E-state index in [9.17, 15) is 4.79 Å². The van der Waals surface area contributed by atoms with Crippen LogP contribution in [0.5, 0.6) is 0 Å². The van der Waals surface area contributed by atoms with Crippen molar-refractivity contribution in [3.63, 3.8) is 0 Å². The number of carbonyl (C=O) groups is 1. The number of carbonyl (C=O) groups excluding carboxylic acids is 1. The molecule has 2 nitrogen and oxygen atoms in total. The minimum atomic E-state index is -0.0105. The van der Waals surface area contributed by atoms with Gasteiger partial charge in [0.2, 0.25) is 0 Å². The van der Waals surface area contributed by atoms with Crippen molar-refractivity contribution in [3.05, 3.63) is 71.8 Å². The van der Waals surface area contributed by atoms with Crippen molar-refractivity contribution in [1.82, 2.24) is 0 Å². The molecule has 3 heteroatoms. The van der Waals surface area contributed by atoms with E-state index in [1.807, 2.05) is 18.3 Å². The molecule has 0 amide bonds. The highest BCUT2D eigenvalue weighted by molar-refractivity contribution is 7.18. The first-order valence-electron chi connectivity index (χ1n) is 11.5. The fourth-order valence-corrected chi connectivity index (χ4v) is 5.54. The van der Waals surface area contributed by atoms with Crippen LogP contribution in [-0.4, -0.2) is 12.6 Å². The van der Waals surface area contributed by atoms with Gasteiger partial charge in [-0.3, -0.25) is 4.79 Å². The predicted molar refractivity (Wildman–Crippen MR) is 131 cm³/mol. The smallest absolute Gasteiger partial charge is 0.308 e. The van der Waals surface area contributed by atoms with E-state index in [-0.39, 0.29) is 11.9 Å². The lowest BCUT2D eigenvalue weighted by Crippen LogP contribution is -2.23. The van der Waals surface area contributed by atoms with E-state index in [4.69, 9.17) is 4.74 Å². The highest BCUT2D eigenvalue weighted by atomic mass is 32.1. The number of hydrogen-bond donors (Lipinski definition) is 0. The topological polar surface area (TPSA) is 26.3 Å². The van der Waals surface area contributed by atoms with Crippen LogP contribution in [0.4, 0.5) is 0 Å². The number of hydrogen-bond acceptors (Lipinski definition) is 3. The Hall–Kier alpha value is -2.39. The molecular weight excluding hydrogens is 400 g/mol. The lowest BCUT2D eigenvalue weighted by Gasteiger charge is -2.27. The van der Waals surface area contributed by atoms with Crippen LogP contribution in [0.15, 0.2) is 60.7 Å².